The summed E-state index contributed by atoms with van der Waals surface area (Å²) in [6, 6.07) is 0. The van der Waals surface area contributed by atoms with Gasteiger partial charge in [-0.05, 0) is 71.4 Å². The lowest BCUT2D eigenvalue weighted by Gasteiger charge is -2.23. The molecule has 158 valence electrons. The van der Waals surface area contributed by atoms with Crippen LogP contribution >= 0.6 is 0 Å². The van der Waals surface area contributed by atoms with E-state index in [2.05, 4.69) is 11.9 Å². The second-order valence-electron chi connectivity index (χ2n) is 7.92. The Labute approximate surface area is 169 Å². The second-order valence-corrected chi connectivity index (χ2v) is 7.92. The van der Waals surface area contributed by atoms with Gasteiger partial charge in [0, 0.05) is 5.71 Å². The molecule has 0 aliphatic heterocycles. The number of allylic oxidation sites excluding steroid dienone is 2. The highest BCUT2D eigenvalue weighted by molar-refractivity contribution is 5.84. The molecule has 4 N–H and O–H groups in total. The smallest absolute Gasteiger partial charge is 0.309 e. The van der Waals surface area contributed by atoms with Gasteiger partial charge >= 0.3 is 5.97 Å². The van der Waals surface area contributed by atoms with E-state index in [9.17, 15) is 9.59 Å². The standard InChI is InChI=1S/C22H37N3O3/c1-7-11-19(20(26)25-8-2)18(15-23)13-10-9-12-17(14-16(3)24)21(27)28-22(4,5)6/h8,10,13,15,17,19,24H,2,7,9,11-12,14,23H2,1,3-6H3,(H,25,26)/b13-10-,18-15+,24-16?. The van der Waals surface area contributed by atoms with E-state index < -0.39 is 5.60 Å². The molecule has 2 unspecified atom stereocenters. The average Bonchev–Trinajstić information content (AvgIpc) is 2.57. The Balaban J connectivity index is 5.04. The van der Waals surface area contributed by atoms with Crippen molar-refractivity contribution in [1.82, 2.24) is 5.32 Å². The minimum absolute atomic E-state index is 0.135. The quantitative estimate of drug-likeness (QED) is 0.263. The van der Waals surface area contributed by atoms with Gasteiger partial charge in [0.15, 0.2) is 0 Å². The lowest BCUT2D eigenvalue weighted by molar-refractivity contribution is -0.160. The molecule has 2 atom stereocenters. The maximum atomic E-state index is 12.4. The molecular weight excluding hydrogens is 354 g/mol. The first-order valence-corrected chi connectivity index (χ1v) is 9.82. The highest BCUT2D eigenvalue weighted by Gasteiger charge is 2.25. The van der Waals surface area contributed by atoms with Crippen molar-refractivity contribution in [3.63, 3.8) is 0 Å². The Morgan fingerprint density at radius 1 is 1.29 bits per heavy atom. The highest BCUT2D eigenvalue weighted by Crippen LogP contribution is 2.21. The first kappa shape index (κ1) is 25.6. The van der Waals surface area contributed by atoms with E-state index in [1.807, 2.05) is 39.8 Å². The van der Waals surface area contributed by atoms with Gasteiger partial charge in [-0.25, -0.2) is 0 Å². The highest BCUT2D eigenvalue weighted by atomic mass is 16.6. The molecule has 6 heteroatoms. The van der Waals surface area contributed by atoms with E-state index in [4.69, 9.17) is 15.9 Å². The summed E-state index contributed by atoms with van der Waals surface area (Å²) in [7, 11) is 0. The number of rotatable bonds is 12. The number of carbonyl (C=O) groups is 2. The van der Waals surface area contributed by atoms with Crippen molar-refractivity contribution < 1.29 is 14.3 Å². The molecule has 0 aromatic rings. The zero-order chi connectivity index (χ0) is 21.7. The van der Waals surface area contributed by atoms with Crippen molar-refractivity contribution in [1.29, 1.82) is 5.41 Å². The number of hydrogen-bond donors (Lipinski definition) is 3. The SMILES string of the molecule is C=CNC(=O)C(CCC)C(/C=C\CCC(CC(C)=N)C(=O)OC(C)(C)C)=C/N. The number of esters is 1. The van der Waals surface area contributed by atoms with Gasteiger partial charge in [-0.15, -0.1) is 0 Å². The summed E-state index contributed by atoms with van der Waals surface area (Å²) < 4.78 is 5.48. The lowest BCUT2D eigenvalue weighted by Crippen LogP contribution is -2.29. The Morgan fingerprint density at radius 2 is 1.93 bits per heavy atom. The third kappa shape index (κ3) is 10.7. The number of nitrogens with two attached hydrogens (primary N) is 1. The number of carbonyl (C=O) groups excluding carboxylic acids is 2. The van der Waals surface area contributed by atoms with Crippen LogP contribution in [0.1, 0.15) is 66.7 Å². The summed E-state index contributed by atoms with van der Waals surface area (Å²) in [6.07, 6.45) is 9.67. The van der Waals surface area contributed by atoms with Crippen LogP contribution in [0.25, 0.3) is 0 Å². The monoisotopic (exact) mass is 391 g/mol. The van der Waals surface area contributed by atoms with Crippen LogP contribution in [0.3, 0.4) is 0 Å². The van der Waals surface area contributed by atoms with Gasteiger partial charge in [-0.1, -0.05) is 32.1 Å². The van der Waals surface area contributed by atoms with Crippen LogP contribution in [0.2, 0.25) is 0 Å². The number of amides is 1. The molecule has 0 spiro atoms. The van der Waals surface area contributed by atoms with Crippen molar-refractivity contribution >= 4 is 17.6 Å². The maximum Gasteiger partial charge on any atom is 0.309 e. The van der Waals surface area contributed by atoms with Crippen LogP contribution in [0, 0.1) is 17.2 Å². The first-order valence-electron chi connectivity index (χ1n) is 9.82. The molecule has 0 saturated heterocycles. The third-order valence-electron chi connectivity index (χ3n) is 4.02. The zero-order valence-corrected chi connectivity index (χ0v) is 18.0. The molecule has 0 aliphatic carbocycles. The van der Waals surface area contributed by atoms with E-state index in [1.54, 1.807) is 6.92 Å². The van der Waals surface area contributed by atoms with Gasteiger partial charge in [0.25, 0.3) is 0 Å². The van der Waals surface area contributed by atoms with Gasteiger partial charge in [0.2, 0.25) is 5.91 Å². The minimum atomic E-state index is -0.553. The molecule has 0 aromatic carbocycles. The molecule has 0 rings (SSSR count). The molecule has 0 radical (unpaired) electrons. The van der Waals surface area contributed by atoms with E-state index >= 15 is 0 Å². The fraction of sp³-hybridized carbons (Fsp3) is 0.591. The van der Waals surface area contributed by atoms with Crippen molar-refractivity contribution in [3.05, 3.63) is 36.7 Å². The number of nitrogens with one attached hydrogen (secondary N) is 2. The lowest BCUT2D eigenvalue weighted by atomic mass is 9.92. The second kappa shape index (κ2) is 12.9. The Kier molecular flexibility index (Phi) is 11.8. The van der Waals surface area contributed by atoms with Crippen LogP contribution < -0.4 is 11.1 Å². The van der Waals surface area contributed by atoms with Gasteiger partial charge < -0.3 is 21.2 Å². The molecular formula is C22H37N3O3. The Hall–Kier alpha value is -2.37. The molecule has 28 heavy (non-hydrogen) atoms. The predicted molar refractivity (Wildman–Crippen MR) is 115 cm³/mol. The molecule has 1 amide bonds. The molecule has 6 nitrogen and oxygen atoms in total. The van der Waals surface area contributed by atoms with Gasteiger partial charge in [0.1, 0.15) is 5.60 Å². The summed E-state index contributed by atoms with van der Waals surface area (Å²) in [5, 5.41) is 10.3. The fourth-order valence-corrected chi connectivity index (χ4v) is 2.80. The minimum Gasteiger partial charge on any atom is -0.460 e. The summed E-state index contributed by atoms with van der Waals surface area (Å²) in [6.45, 7) is 12.7. The summed E-state index contributed by atoms with van der Waals surface area (Å²) >= 11 is 0. The first-order chi connectivity index (χ1) is 13.1. The van der Waals surface area contributed by atoms with Crippen LogP contribution in [0.4, 0.5) is 0 Å². The Bertz CT molecular complexity index is 601. The van der Waals surface area contributed by atoms with Gasteiger partial charge in [-0.3, -0.25) is 9.59 Å². The van der Waals surface area contributed by atoms with E-state index in [0.717, 1.165) is 12.0 Å². The van der Waals surface area contributed by atoms with E-state index in [-0.39, 0.29) is 23.7 Å². The summed E-state index contributed by atoms with van der Waals surface area (Å²) in [4.78, 5) is 24.6. The number of hydrogen-bond acceptors (Lipinski definition) is 5. The largest absolute Gasteiger partial charge is 0.460 e. The number of ether oxygens (including phenoxy) is 1. The van der Waals surface area contributed by atoms with Crippen molar-refractivity contribution in [2.75, 3.05) is 0 Å². The van der Waals surface area contributed by atoms with E-state index in [0.29, 0.717) is 31.4 Å². The topological polar surface area (TPSA) is 105 Å². The van der Waals surface area contributed by atoms with Crippen LogP contribution in [-0.4, -0.2) is 23.2 Å². The molecule has 0 aromatic heterocycles. The average molecular weight is 392 g/mol. The molecule has 0 aliphatic rings. The fourth-order valence-electron chi connectivity index (χ4n) is 2.80. The van der Waals surface area contributed by atoms with Crippen molar-refractivity contribution in [2.45, 2.75) is 72.3 Å². The maximum absolute atomic E-state index is 12.4. The predicted octanol–water partition coefficient (Wildman–Crippen LogP) is 4.23. The van der Waals surface area contributed by atoms with Gasteiger partial charge in [-0.2, -0.15) is 0 Å². The third-order valence-corrected chi connectivity index (χ3v) is 4.02. The summed E-state index contributed by atoms with van der Waals surface area (Å²) in [5.74, 6) is -1.11. The normalized spacial score (nSPS) is 14.4. The van der Waals surface area contributed by atoms with Crippen LogP contribution in [0.15, 0.2) is 36.7 Å². The summed E-state index contributed by atoms with van der Waals surface area (Å²) in [5.41, 5.74) is 6.37. The van der Waals surface area contributed by atoms with Crippen LogP contribution in [0.5, 0.6) is 0 Å². The Morgan fingerprint density at radius 3 is 2.39 bits per heavy atom. The van der Waals surface area contributed by atoms with Gasteiger partial charge in [0.05, 0.1) is 11.8 Å². The van der Waals surface area contributed by atoms with Crippen molar-refractivity contribution in [3.8, 4) is 0 Å². The molecule has 0 heterocycles. The van der Waals surface area contributed by atoms with E-state index in [1.165, 1.54) is 12.4 Å². The van der Waals surface area contributed by atoms with Crippen LogP contribution in [-0.2, 0) is 14.3 Å². The van der Waals surface area contributed by atoms with Crippen molar-refractivity contribution in [2.24, 2.45) is 17.6 Å². The zero-order valence-electron chi connectivity index (χ0n) is 18.0. The molecule has 0 fully saturated rings. The molecule has 0 saturated carbocycles. The molecule has 0 bridgehead atoms.